The summed E-state index contributed by atoms with van der Waals surface area (Å²) in [6, 6.07) is -0.793. The van der Waals surface area contributed by atoms with Crippen LogP contribution in [0.2, 0.25) is 0 Å². The van der Waals surface area contributed by atoms with Crippen LogP contribution in [-0.4, -0.2) is 79.7 Å². The van der Waals surface area contributed by atoms with Gasteiger partial charge in [0.15, 0.2) is 0 Å². The van der Waals surface area contributed by atoms with Gasteiger partial charge in [0.25, 0.3) is 0 Å². The molecule has 8 N–H and O–H groups in total. The van der Waals surface area contributed by atoms with Crippen molar-refractivity contribution in [3.63, 3.8) is 0 Å². The van der Waals surface area contributed by atoms with Crippen molar-refractivity contribution in [3.05, 3.63) is 12.2 Å². The molecule has 0 aliphatic carbocycles. The van der Waals surface area contributed by atoms with E-state index in [4.69, 9.17) is 25.2 Å². The number of phosphoric acid groups is 3. The van der Waals surface area contributed by atoms with E-state index in [0.717, 1.165) is 4.90 Å². The standard InChI is InChI=1S/C12H22N3O14P3/c13-3-1-2-7-5-15(12(18)14-11(7)17)10-4-8(16)9(27-10)6-26-31(22,23)29-32(24,25)28-30(19,20)21/h1-2,7-10,16H,3-6,13H2,(H,22,23)(H,24,25)(H,14,17,18)(H2,19,20,21). The number of nitrogens with zero attached hydrogens (tertiary/aromatic N) is 1. The first-order valence-electron chi connectivity index (χ1n) is 8.72. The fraction of sp³-hybridized carbons (Fsp3) is 0.667. The van der Waals surface area contributed by atoms with Gasteiger partial charge in [-0.2, -0.15) is 8.62 Å². The second kappa shape index (κ2) is 10.5. The fourth-order valence-electron chi connectivity index (χ4n) is 2.82. The molecule has 6 atom stereocenters. The molecule has 0 radical (unpaired) electrons. The third kappa shape index (κ3) is 8.08. The van der Waals surface area contributed by atoms with Crippen LogP contribution in [0.1, 0.15) is 6.42 Å². The monoisotopic (exact) mass is 525 g/mol. The number of hydrogen-bond acceptors (Lipinski definition) is 11. The van der Waals surface area contributed by atoms with E-state index in [1.54, 1.807) is 0 Å². The van der Waals surface area contributed by atoms with E-state index in [2.05, 4.69) is 18.5 Å². The van der Waals surface area contributed by atoms with Crippen molar-refractivity contribution in [3.8, 4) is 0 Å². The van der Waals surface area contributed by atoms with Crippen LogP contribution in [0.25, 0.3) is 0 Å². The van der Waals surface area contributed by atoms with Crippen LogP contribution in [0.5, 0.6) is 0 Å². The van der Waals surface area contributed by atoms with Gasteiger partial charge in [0, 0.05) is 19.5 Å². The Morgan fingerprint density at radius 1 is 1.16 bits per heavy atom. The molecule has 32 heavy (non-hydrogen) atoms. The van der Waals surface area contributed by atoms with Gasteiger partial charge in [-0.3, -0.25) is 19.5 Å². The third-order valence-electron chi connectivity index (χ3n) is 4.10. The minimum Gasteiger partial charge on any atom is -0.390 e. The molecule has 6 unspecified atom stereocenters. The molecule has 2 heterocycles. The molecule has 2 rings (SSSR count). The maximum absolute atomic E-state index is 12.1. The number of carbonyl (C=O) groups excluding carboxylic acids is 2. The number of aliphatic hydroxyl groups excluding tert-OH is 1. The normalized spacial score (nSPS) is 30.9. The predicted molar refractivity (Wildman–Crippen MR) is 101 cm³/mol. The summed E-state index contributed by atoms with van der Waals surface area (Å²) in [5, 5.41) is 12.2. The summed E-state index contributed by atoms with van der Waals surface area (Å²) < 4.78 is 50.7. The van der Waals surface area contributed by atoms with Crippen molar-refractivity contribution in [1.82, 2.24) is 10.2 Å². The summed E-state index contributed by atoms with van der Waals surface area (Å²) in [7, 11) is -16.6. The van der Waals surface area contributed by atoms with Gasteiger partial charge in [-0.1, -0.05) is 12.2 Å². The molecular formula is C12H22N3O14P3. The van der Waals surface area contributed by atoms with E-state index < -0.39 is 66.4 Å². The lowest BCUT2D eigenvalue weighted by molar-refractivity contribution is -0.127. The number of phosphoric ester groups is 1. The molecule has 0 spiro atoms. The zero-order chi connectivity index (χ0) is 24.3. The zero-order valence-electron chi connectivity index (χ0n) is 16.1. The molecule has 2 saturated heterocycles. The van der Waals surface area contributed by atoms with Gasteiger partial charge >= 0.3 is 29.5 Å². The lowest BCUT2D eigenvalue weighted by Crippen LogP contribution is -2.57. The molecule has 0 aromatic rings. The topological polar surface area (TPSA) is 265 Å². The summed E-state index contributed by atoms with van der Waals surface area (Å²) in [5.74, 6) is -1.29. The summed E-state index contributed by atoms with van der Waals surface area (Å²) in [5.41, 5.74) is 5.34. The second-order valence-electron chi connectivity index (χ2n) is 6.54. The Balaban J connectivity index is 1.97. The van der Waals surface area contributed by atoms with Crippen molar-refractivity contribution < 1.29 is 65.8 Å². The molecule has 2 aliphatic rings. The average Bonchev–Trinajstić information content (AvgIpc) is 2.97. The zero-order valence-corrected chi connectivity index (χ0v) is 18.8. The molecule has 2 aliphatic heterocycles. The van der Waals surface area contributed by atoms with Crippen LogP contribution >= 0.6 is 23.5 Å². The first-order chi connectivity index (χ1) is 14.6. The van der Waals surface area contributed by atoms with Crippen LogP contribution < -0.4 is 11.1 Å². The van der Waals surface area contributed by atoms with E-state index in [0.29, 0.717) is 0 Å². The fourth-order valence-corrected chi connectivity index (χ4v) is 5.85. The van der Waals surface area contributed by atoms with Crippen molar-refractivity contribution in [2.45, 2.75) is 24.9 Å². The molecular weight excluding hydrogens is 503 g/mol. The summed E-state index contributed by atoms with van der Waals surface area (Å²) in [4.78, 5) is 60.7. The van der Waals surface area contributed by atoms with Gasteiger partial charge in [0.1, 0.15) is 12.3 Å². The number of urea groups is 1. The number of aliphatic hydroxyl groups is 1. The Morgan fingerprint density at radius 3 is 2.41 bits per heavy atom. The predicted octanol–water partition coefficient (Wildman–Crippen LogP) is -1.51. The Hall–Kier alpha value is -1.03. The number of amides is 3. The van der Waals surface area contributed by atoms with E-state index in [1.807, 2.05) is 0 Å². The molecule has 0 aromatic carbocycles. The van der Waals surface area contributed by atoms with Crippen molar-refractivity contribution >= 4 is 35.4 Å². The van der Waals surface area contributed by atoms with Crippen LogP contribution in [-0.2, 0) is 36.4 Å². The first-order valence-corrected chi connectivity index (χ1v) is 13.2. The number of imide groups is 1. The number of hydrogen-bond donors (Lipinski definition) is 7. The van der Waals surface area contributed by atoms with Gasteiger partial charge in [-0.15, -0.1) is 0 Å². The summed E-state index contributed by atoms with van der Waals surface area (Å²) in [6.07, 6.45) is -0.842. The highest BCUT2D eigenvalue weighted by atomic mass is 31.3. The molecule has 0 aromatic heterocycles. The van der Waals surface area contributed by atoms with Gasteiger partial charge in [0.05, 0.1) is 18.6 Å². The Bertz CT molecular complexity index is 891. The smallest absolute Gasteiger partial charge is 0.390 e. The molecule has 0 bridgehead atoms. The molecule has 20 heteroatoms. The largest absolute Gasteiger partial charge is 0.490 e. The summed E-state index contributed by atoms with van der Waals surface area (Å²) >= 11 is 0. The van der Waals surface area contributed by atoms with Crippen molar-refractivity contribution in [2.75, 3.05) is 19.7 Å². The van der Waals surface area contributed by atoms with Crippen LogP contribution in [0.4, 0.5) is 4.79 Å². The second-order valence-corrected chi connectivity index (χ2v) is 11.0. The number of ether oxygens (including phenoxy) is 1. The molecule has 17 nitrogen and oxygen atoms in total. The minimum absolute atomic E-state index is 0.0961. The molecule has 184 valence electrons. The van der Waals surface area contributed by atoms with Crippen LogP contribution in [0.15, 0.2) is 12.2 Å². The Kier molecular flexibility index (Phi) is 8.92. The Morgan fingerprint density at radius 2 is 1.81 bits per heavy atom. The highest BCUT2D eigenvalue weighted by Crippen LogP contribution is 2.66. The van der Waals surface area contributed by atoms with E-state index >= 15 is 0 Å². The van der Waals surface area contributed by atoms with Crippen molar-refractivity contribution in [1.29, 1.82) is 0 Å². The maximum atomic E-state index is 12.1. The lowest BCUT2D eigenvalue weighted by Gasteiger charge is -2.34. The molecule has 3 amide bonds. The number of nitrogens with two attached hydrogens (primary N) is 1. The first kappa shape index (κ1) is 27.2. The molecule has 2 fully saturated rings. The number of rotatable bonds is 10. The maximum Gasteiger partial charge on any atom is 0.490 e. The highest BCUT2D eigenvalue weighted by molar-refractivity contribution is 7.66. The highest BCUT2D eigenvalue weighted by Gasteiger charge is 2.45. The van der Waals surface area contributed by atoms with Crippen LogP contribution in [0, 0.1) is 5.92 Å². The van der Waals surface area contributed by atoms with Gasteiger partial charge in [0.2, 0.25) is 5.91 Å². The Labute approximate surface area is 180 Å². The minimum atomic E-state index is -5.69. The van der Waals surface area contributed by atoms with E-state index in [1.165, 1.54) is 12.2 Å². The van der Waals surface area contributed by atoms with Crippen LogP contribution in [0.3, 0.4) is 0 Å². The molecule has 0 saturated carbocycles. The van der Waals surface area contributed by atoms with Gasteiger partial charge < -0.3 is 35.2 Å². The quantitative estimate of drug-likeness (QED) is 0.126. The van der Waals surface area contributed by atoms with E-state index in [-0.39, 0.29) is 19.5 Å². The van der Waals surface area contributed by atoms with Gasteiger partial charge in [-0.05, 0) is 0 Å². The van der Waals surface area contributed by atoms with Gasteiger partial charge in [-0.25, -0.2) is 18.5 Å². The number of carbonyl (C=O) groups is 2. The third-order valence-corrected chi connectivity index (χ3v) is 7.90. The average molecular weight is 525 g/mol. The summed E-state index contributed by atoms with van der Waals surface area (Å²) in [6.45, 7) is -0.813. The number of nitrogens with one attached hydrogen (secondary N) is 1. The van der Waals surface area contributed by atoms with E-state index in [9.17, 15) is 33.3 Å². The SMILES string of the molecule is NCC=CC1CN(C2CC(O)C(COP(=O)(O)OP(=O)(O)OP(=O)(O)O)O2)C(=O)NC1=O. The van der Waals surface area contributed by atoms with Crippen molar-refractivity contribution in [2.24, 2.45) is 11.7 Å². The lowest BCUT2D eigenvalue weighted by atomic mass is 10.0.